The Morgan fingerprint density at radius 2 is 2.00 bits per heavy atom. The van der Waals surface area contributed by atoms with Crippen LogP contribution in [-0.2, 0) is 0 Å². The van der Waals surface area contributed by atoms with Gasteiger partial charge in [0.2, 0.25) is 0 Å². The largest absolute Gasteiger partial charge is 0.395 e. The molecule has 1 aliphatic rings. The number of β-amino-alcohol motifs (C(OH)–C–C–N with tert-alkyl or cyclic N) is 1. The summed E-state index contributed by atoms with van der Waals surface area (Å²) in [5.74, 6) is 0. The second kappa shape index (κ2) is 8.09. The predicted octanol–water partition coefficient (Wildman–Crippen LogP) is 4.14. The first-order valence-corrected chi connectivity index (χ1v) is 9.98. The molecule has 1 aromatic carbocycles. The maximum absolute atomic E-state index is 9.59. The fraction of sp³-hybridized carbons (Fsp3) is 0.200. The Bertz CT molecular complexity index is 995. The van der Waals surface area contributed by atoms with Crippen LogP contribution in [0.15, 0.2) is 60.9 Å². The number of nitrogens with zero attached hydrogens (tertiary/aromatic N) is 3. The van der Waals surface area contributed by atoms with Crippen molar-refractivity contribution in [1.29, 1.82) is 0 Å². The number of aliphatic hydroxyl groups excluding tert-OH is 1. The summed E-state index contributed by atoms with van der Waals surface area (Å²) in [5, 5.41) is 14.7. The van der Waals surface area contributed by atoms with E-state index in [4.69, 9.17) is 35.4 Å². The zero-order chi connectivity index (χ0) is 19.7. The average molecular weight is 433 g/mol. The van der Waals surface area contributed by atoms with Crippen LogP contribution in [0.3, 0.4) is 0 Å². The van der Waals surface area contributed by atoms with Crippen LogP contribution in [0.25, 0.3) is 5.69 Å². The number of hydrogen-bond donors (Lipinski definition) is 2. The summed E-state index contributed by atoms with van der Waals surface area (Å²) in [6.07, 6.45) is 3.72. The first kappa shape index (κ1) is 19.2. The topological polar surface area (TPSA) is 53.3 Å². The van der Waals surface area contributed by atoms with Gasteiger partial charge in [0.1, 0.15) is 0 Å². The maximum Gasteiger partial charge on any atom is 0.170 e. The Balaban J connectivity index is 1.83. The fourth-order valence-corrected chi connectivity index (χ4v) is 4.44. The van der Waals surface area contributed by atoms with E-state index < -0.39 is 0 Å². The van der Waals surface area contributed by atoms with Gasteiger partial charge in [-0.25, -0.2) is 0 Å². The fourth-order valence-electron chi connectivity index (χ4n) is 3.61. The van der Waals surface area contributed by atoms with Crippen molar-refractivity contribution in [1.82, 2.24) is 19.8 Å². The van der Waals surface area contributed by atoms with Crippen molar-refractivity contribution < 1.29 is 5.11 Å². The summed E-state index contributed by atoms with van der Waals surface area (Å²) in [5.41, 5.74) is 2.69. The van der Waals surface area contributed by atoms with Crippen molar-refractivity contribution in [3.63, 3.8) is 0 Å². The minimum Gasteiger partial charge on any atom is -0.395 e. The molecule has 0 unspecified atom stereocenters. The molecule has 0 amide bonds. The zero-order valence-corrected chi connectivity index (χ0v) is 17.1. The lowest BCUT2D eigenvalue weighted by Gasteiger charge is -2.28. The Morgan fingerprint density at radius 3 is 2.71 bits per heavy atom. The standard InChI is InChI=1S/C20H18Cl2N4OS/c21-13-6-7-16(14(22)12-13)25-9-3-5-17(25)19-18(15-4-1-2-8-23-15)24-20(28)26(19)10-11-27/h1-9,12,18-19,27H,10-11H2,(H,24,28)/t18-,19+/m0/s1. The molecule has 5 nitrogen and oxygen atoms in total. The molecule has 2 N–H and O–H groups in total. The molecule has 2 atom stereocenters. The van der Waals surface area contributed by atoms with E-state index in [2.05, 4.69) is 10.3 Å². The van der Waals surface area contributed by atoms with E-state index in [-0.39, 0.29) is 18.7 Å². The lowest BCUT2D eigenvalue weighted by molar-refractivity contribution is 0.220. The average Bonchev–Trinajstić information content (AvgIpc) is 3.28. The van der Waals surface area contributed by atoms with Gasteiger partial charge in [-0.2, -0.15) is 0 Å². The van der Waals surface area contributed by atoms with Crippen molar-refractivity contribution in [2.45, 2.75) is 12.1 Å². The Kier molecular flexibility index (Phi) is 5.55. The number of aromatic nitrogens is 2. The minimum atomic E-state index is -0.156. The number of benzene rings is 1. The molecule has 1 saturated heterocycles. The Morgan fingerprint density at radius 1 is 1.14 bits per heavy atom. The number of halogens is 2. The van der Waals surface area contributed by atoms with Crippen LogP contribution in [0.5, 0.6) is 0 Å². The zero-order valence-electron chi connectivity index (χ0n) is 14.8. The van der Waals surface area contributed by atoms with Crippen LogP contribution in [0.4, 0.5) is 0 Å². The van der Waals surface area contributed by atoms with E-state index in [9.17, 15) is 5.11 Å². The SMILES string of the molecule is OCCN1C(=S)N[C@@H](c2ccccn2)[C@H]1c1cccn1-c1ccc(Cl)cc1Cl. The molecule has 1 fully saturated rings. The first-order chi connectivity index (χ1) is 13.6. The molecule has 0 radical (unpaired) electrons. The van der Waals surface area contributed by atoms with Crippen molar-refractivity contribution in [2.24, 2.45) is 0 Å². The van der Waals surface area contributed by atoms with Gasteiger partial charge in [-0.1, -0.05) is 29.3 Å². The van der Waals surface area contributed by atoms with Gasteiger partial charge in [0.05, 0.1) is 35.1 Å². The molecule has 3 heterocycles. The Labute approximate surface area is 178 Å². The molecular formula is C20H18Cl2N4OS. The predicted molar refractivity (Wildman–Crippen MR) is 115 cm³/mol. The third-order valence-corrected chi connectivity index (χ3v) is 5.68. The maximum atomic E-state index is 9.59. The van der Waals surface area contributed by atoms with Crippen LogP contribution in [0.1, 0.15) is 23.5 Å². The van der Waals surface area contributed by atoms with Gasteiger partial charge in [-0.3, -0.25) is 4.98 Å². The molecule has 8 heteroatoms. The summed E-state index contributed by atoms with van der Waals surface area (Å²) < 4.78 is 2.03. The van der Waals surface area contributed by atoms with Crippen LogP contribution >= 0.6 is 35.4 Å². The third kappa shape index (κ3) is 3.49. The normalized spacial score (nSPS) is 19.1. The Hall–Kier alpha value is -2.12. The summed E-state index contributed by atoms with van der Waals surface area (Å²) in [4.78, 5) is 6.51. The monoisotopic (exact) mass is 432 g/mol. The van der Waals surface area contributed by atoms with Gasteiger partial charge >= 0.3 is 0 Å². The number of thiocarbonyl (C=S) groups is 1. The number of hydrogen-bond acceptors (Lipinski definition) is 3. The molecule has 0 spiro atoms. The van der Waals surface area contributed by atoms with Crippen molar-refractivity contribution in [2.75, 3.05) is 13.2 Å². The highest BCUT2D eigenvalue weighted by Gasteiger charge is 2.41. The van der Waals surface area contributed by atoms with E-state index >= 15 is 0 Å². The number of aliphatic hydroxyl groups is 1. The molecular weight excluding hydrogens is 415 g/mol. The van der Waals surface area contributed by atoms with E-state index in [1.807, 2.05) is 58.1 Å². The first-order valence-electron chi connectivity index (χ1n) is 8.81. The van der Waals surface area contributed by atoms with E-state index in [1.54, 1.807) is 12.3 Å². The van der Waals surface area contributed by atoms with Gasteiger partial charge in [0.25, 0.3) is 0 Å². The summed E-state index contributed by atoms with van der Waals surface area (Å²) in [7, 11) is 0. The number of rotatable bonds is 5. The summed E-state index contributed by atoms with van der Waals surface area (Å²) in [6, 6.07) is 14.9. The molecule has 1 aliphatic heterocycles. The molecule has 0 bridgehead atoms. The minimum absolute atomic E-state index is 0.00430. The highest BCUT2D eigenvalue weighted by atomic mass is 35.5. The third-order valence-electron chi connectivity index (χ3n) is 4.79. The van der Waals surface area contributed by atoms with Crippen molar-refractivity contribution >= 4 is 40.5 Å². The number of pyridine rings is 1. The van der Waals surface area contributed by atoms with Gasteiger partial charge < -0.3 is 19.9 Å². The van der Waals surface area contributed by atoms with Crippen LogP contribution in [-0.4, -0.2) is 37.8 Å². The smallest absolute Gasteiger partial charge is 0.170 e. The van der Waals surface area contributed by atoms with Crippen LogP contribution in [0, 0.1) is 0 Å². The van der Waals surface area contributed by atoms with Crippen LogP contribution in [0.2, 0.25) is 10.0 Å². The molecule has 4 rings (SSSR count). The molecule has 3 aromatic rings. The van der Waals surface area contributed by atoms with Gasteiger partial charge in [0, 0.05) is 29.7 Å². The number of nitrogens with one attached hydrogen (secondary N) is 1. The highest BCUT2D eigenvalue weighted by Crippen LogP contribution is 2.40. The second-order valence-electron chi connectivity index (χ2n) is 6.44. The molecule has 144 valence electrons. The molecule has 0 saturated carbocycles. The van der Waals surface area contributed by atoms with Gasteiger partial charge in [-0.05, 0) is 54.7 Å². The quantitative estimate of drug-likeness (QED) is 0.593. The highest BCUT2D eigenvalue weighted by molar-refractivity contribution is 7.80. The summed E-state index contributed by atoms with van der Waals surface area (Å²) in [6.45, 7) is 0.412. The molecule has 2 aromatic heterocycles. The van der Waals surface area contributed by atoms with Gasteiger partial charge in [0.15, 0.2) is 5.11 Å². The summed E-state index contributed by atoms with van der Waals surface area (Å²) >= 11 is 18.1. The van der Waals surface area contributed by atoms with Crippen molar-refractivity contribution in [3.8, 4) is 5.69 Å². The van der Waals surface area contributed by atoms with E-state index in [0.29, 0.717) is 21.7 Å². The second-order valence-corrected chi connectivity index (χ2v) is 7.67. The molecule has 28 heavy (non-hydrogen) atoms. The van der Waals surface area contributed by atoms with Crippen LogP contribution < -0.4 is 5.32 Å². The van der Waals surface area contributed by atoms with E-state index in [0.717, 1.165) is 17.1 Å². The lowest BCUT2D eigenvalue weighted by Crippen LogP contribution is -2.32. The van der Waals surface area contributed by atoms with Crippen molar-refractivity contribution in [3.05, 3.63) is 82.4 Å². The van der Waals surface area contributed by atoms with Gasteiger partial charge in [-0.15, -0.1) is 0 Å². The molecule has 0 aliphatic carbocycles. The lowest BCUT2D eigenvalue weighted by atomic mass is 10.0. The van der Waals surface area contributed by atoms with E-state index in [1.165, 1.54) is 0 Å².